The van der Waals surface area contributed by atoms with Gasteiger partial charge in [-0.3, -0.25) is 9.59 Å². The third kappa shape index (κ3) is 4.90. The molecule has 30 heavy (non-hydrogen) atoms. The van der Waals surface area contributed by atoms with Crippen molar-refractivity contribution in [3.8, 4) is 22.9 Å². The van der Waals surface area contributed by atoms with Crippen LogP contribution in [0.1, 0.15) is 21.0 Å². The Bertz CT molecular complexity index is 1050. The third-order valence-corrected chi connectivity index (χ3v) is 4.04. The van der Waals surface area contributed by atoms with Crippen molar-refractivity contribution in [2.45, 2.75) is 0 Å². The molecule has 156 valence electrons. The Hall–Kier alpha value is -3.95. The zero-order valence-corrected chi connectivity index (χ0v) is 16.3. The van der Waals surface area contributed by atoms with Crippen LogP contribution in [0.3, 0.4) is 0 Å². The highest BCUT2D eigenvalue weighted by molar-refractivity contribution is 5.94. The van der Waals surface area contributed by atoms with Crippen LogP contribution in [0.4, 0.5) is 4.39 Å². The van der Waals surface area contributed by atoms with E-state index in [9.17, 15) is 14.0 Å². The van der Waals surface area contributed by atoms with Gasteiger partial charge in [0, 0.05) is 24.2 Å². The van der Waals surface area contributed by atoms with E-state index in [2.05, 4.69) is 20.8 Å². The van der Waals surface area contributed by atoms with E-state index in [1.165, 1.54) is 32.4 Å². The maximum Gasteiger partial charge on any atom is 0.316 e. The largest absolute Gasteiger partial charge is 0.493 e. The molecule has 0 spiro atoms. The van der Waals surface area contributed by atoms with Gasteiger partial charge in [0.25, 0.3) is 5.91 Å². The molecule has 10 heteroatoms. The van der Waals surface area contributed by atoms with Crippen molar-refractivity contribution in [3.63, 3.8) is 0 Å². The molecule has 3 rings (SSSR count). The monoisotopic (exact) mass is 414 g/mol. The minimum absolute atomic E-state index is 0.119. The summed E-state index contributed by atoms with van der Waals surface area (Å²) >= 11 is 0. The van der Waals surface area contributed by atoms with E-state index >= 15 is 0 Å². The summed E-state index contributed by atoms with van der Waals surface area (Å²) in [5.41, 5.74) is 0.774. The number of amides is 2. The Balaban J connectivity index is 1.53. The number of aromatic nitrogens is 2. The number of carbonyl (C=O) groups excluding carboxylic acids is 2. The lowest BCUT2D eigenvalue weighted by molar-refractivity contribution is 0.0898. The number of halogens is 1. The zero-order chi connectivity index (χ0) is 21.5. The zero-order valence-electron chi connectivity index (χ0n) is 16.3. The Morgan fingerprint density at radius 1 is 1.00 bits per heavy atom. The lowest BCUT2D eigenvalue weighted by Gasteiger charge is -2.07. The predicted octanol–water partition coefficient (Wildman–Crippen LogP) is 2.05. The molecule has 0 aliphatic rings. The number of rotatable bonds is 8. The lowest BCUT2D eigenvalue weighted by Crippen LogP contribution is -2.34. The average molecular weight is 414 g/mol. The number of hydrogen-bond donors (Lipinski definition) is 2. The quantitative estimate of drug-likeness (QED) is 0.542. The summed E-state index contributed by atoms with van der Waals surface area (Å²) in [6, 6.07) is 10.4. The summed E-state index contributed by atoms with van der Waals surface area (Å²) in [7, 11) is 3.03. The van der Waals surface area contributed by atoms with Gasteiger partial charge in [-0.15, -0.1) is 0 Å². The van der Waals surface area contributed by atoms with Crippen LogP contribution < -0.4 is 20.1 Å². The molecule has 0 fully saturated rings. The SMILES string of the molecule is COc1ccc(-c2noc(C(=O)NCCNC(=O)c3cccc(F)c3)n2)cc1OC. The van der Waals surface area contributed by atoms with Gasteiger partial charge in [-0.05, 0) is 36.4 Å². The van der Waals surface area contributed by atoms with E-state index in [0.717, 1.165) is 6.07 Å². The lowest BCUT2D eigenvalue weighted by atomic mass is 10.2. The molecule has 0 aliphatic carbocycles. The fourth-order valence-corrected chi connectivity index (χ4v) is 2.57. The molecule has 0 saturated heterocycles. The maximum atomic E-state index is 13.1. The normalized spacial score (nSPS) is 10.4. The number of benzene rings is 2. The average Bonchev–Trinajstić information content (AvgIpc) is 3.26. The van der Waals surface area contributed by atoms with Crippen molar-refractivity contribution in [1.29, 1.82) is 0 Å². The van der Waals surface area contributed by atoms with Crippen LogP contribution in [-0.4, -0.2) is 49.3 Å². The van der Waals surface area contributed by atoms with Crippen LogP contribution in [-0.2, 0) is 0 Å². The Labute approximate surface area is 171 Å². The van der Waals surface area contributed by atoms with Gasteiger partial charge in [0.1, 0.15) is 5.82 Å². The molecule has 1 aromatic heterocycles. The van der Waals surface area contributed by atoms with Crippen molar-refractivity contribution in [3.05, 3.63) is 59.7 Å². The molecular weight excluding hydrogens is 395 g/mol. The van der Waals surface area contributed by atoms with E-state index in [1.54, 1.807) is 18.2 Å². The van der Waals surface area contributed by atoms with Crippen LogP contribution >= 0.6 is 0 Å². The van der Waals surface area contributed by atoms with Gasteiger partial charge in [-0.25, -0.2) is 4.39 Å². The number of methoxy groups -OCH3 is 2. The van der Waals surface area contributed by atoms with Crippen molar-refractivity contribution in [1.82, 2.24) is 20.8 Å². The van der Waals surface area contributed by atoms with E-state index in [4.69, 9.17) is 14.0 Å². The Kier molecular flexibility index (Phi) is 6.58. The van der Waals surface area contributed by atoms with Crippen LogP contribution in [0.15, 0.2) is 47.0 Å². The van der Waals surface area contributed by atoms with Crippen LogP contribution in [0.25, 0.3) is 11.4 Å². The second-order valence-corrected chi connectivity index (χ2v) is 6.02. The molecule has 9 nitrogen and oxygen atoms in total. The minimum atomic E-state index is -0.589. The first-order valence-electron chi connectivity index (χ1n) is 8.90. The van der Waals surface area contributed by atoms with Gasteiger partial charge in [-0.2, -0.15) is 4.98 Å². The molecule has 0 unspecified atom stereocenters. The highest BCUT2D eigenvalue weighted by Crippen LogP contribution is 2.31. The number of ether oxygens (including phenoxy) is 2. The fourth-order valence-electron chi connectivity index (χ4n) is 2.57. The summed E-state index contributed by atoms with van der Waals surface area (Å²) < 4.78 is 28.5. The fraction of sp³-hybridized carbons (Fsp3) is 0.200. The van der Waals surface area contributed by atoms with E-state index in [0.29, 0.717) is 17.1 Å². The number of nitrogens with zero attached hydrogens (tertiary/aromatic N) is 2. The molecule has 0 atom stereocenters. The van der Waals surface area contributed by atoms with Gasteiger partial charge in [-0.1, -0.05) is 11.2 Å². The second kappa shape index (κ2) is 9.50. The van der Waals surface area contributed by atoms with Gasteiger partial charge in [0.05, 0.1) is 14.2 Å². The van der Waals surface area contributed by atoms with E-state index in [1.807, 2.05) is 0 Å². The van der Waals surface area contributed by atoms with Crippen molar-refractivity contribution in [2.24, 2.45) is 0 Å². The first kappa shape index (κ1) is 20.8. The van der Waals surface area contributed by atoms with Crippen LogP contribution in [0.5, 0.6) is 11.5 Å². The Morgan fingerprint density at radius 2 is 1.73 bits per heavy atom. The molecule has 0 aliphatic heterocycles. The molecule has 0 bridgehead atoms. The third-order valence-electron chi connectivity index (χ3n) is 4.04. The number of carbonyl (C=O) groups is 2. The summed E-state index contributed by atoms with van der Waals surface area (Å²) in [4.78, 5) is 28.1. The second-order valence-electron chi connectivity index (χ2n) is 6.02. The van der Waals surface area contributed by atoms with Crippen molar-refractivity contribution < 1.29 is 28.0 Å². The predicted molar refractivity (Wildman–Crippen MR) is 104 cm³/mol. The van der Waals surface area contributed by atoms with E-state index < -0.39 is 17.6 Å². The maximum absolute atomic E-state index is 13.1. The molecule has 0 radical (unpaired) electrons. The van der Waals surface area contributed by atoms with Gasteiger partial charge >= 0.3 is 11.8 Å². The van der Waals surface area contributed by atoms with Crippen molar-refractivity contribution >= 4 is 11.8 Å². The smallest absolute Gasteiger partial charge is 0.316 e. The highest BCUT2D eigenvalue weighted by atomic mass is 19.1. The summed E-state index contributed by atoms with van der Waals surface area (Å²) in [5, 5.41) is 8.92. The van der Waals surface area contributed by atoms with E-state index in [-0.39, 0.29) is 30.4 Å². The van der Waals surface area contributed by atoms with Gasteiger partial charge < -0.3 is 24.6 Å². The summed E-state index contributed by atoms with van der Waals surface area (Å²) in [6.07, 6.45) is 0. The molecule has 0 saturated carbocycles. The number of hydrogen-bond acceptors (Lipinski definition) is 7. The van der Waals surface area contributed by atoms with Gasteiger partial charge in [0.2, 0.25) is 5.82 Å². The molecule has 3 aromatic rings. The first-order valence-corrected chi connectivity index (χ1v) is 8.90. The number of nitrogens with one attached hydrogen (secondary N) is 2. The standard InChI is InChI=1S/C20H19FN4O5/c1-28-15-7-6-12(11-16(15)29-2)17-24-20(30-25-17)19(27)23-9-8-22-18(26)13-4-3-5-14(21)10-13/h3-7,10-11H,8-9H2,1-2H3,(H,22,26)(H,23,27). The topological polar surface area (TPSA) is 116 Å². The van der Waals surface area contributed by atoms with Gasteiger partial charge in [0.15, 0.2) is 11.5 Å². The summed E-state index contributed by atoms with van der Waals surface area (Å²) in [5.74, 6) is -0.524. The molecule has 1 heterocycles. The summed E-state index contributed by atoms with van der Waals surface area (Å²) in [6.45, 7) is 0.256. The molecule has 2 aromatic carbocycles. The van der Waals surface area contributed by atoms with Crippen molar-refractivity contribution in [2.75, 3.05) is 27.3 Å². The molecule has 2 amide bonds. The minimum Gasteiger partial charge on any atom is -0.493 e. The Morgan fingerprint density at radius 3 is 2.43 bits per heavy atom. The highest BCUT2D eigenvalue weighted by Gasteiger charge is 2.17. The van der Waals surface area contributed by atoms with Crippen LogP contribution in [0.2, 0.25) is 0 Å². The van der Waals surface area contributed by atoms with Crippen LogP contribution in [0, 0.1) is 5.82 Å². The molecular formula is C20H19FN4O5. The molecule has 2 N–H and O–H groups in total. The first-order chi connectivity index (χ1) is 14.5.